The number of nitrogens with one attached hydrogen (secondary N) is 1. The van der Waals surface area contributed by atoms with Crippen LogP contribution in [0.5, 0.6) is 0 Å². The molecule has 0 saturated heterocycles. The highest BCUT2D eigenvalue weighted by Gasteiger charge is 2.46. The van der Waals surface area contributed by atoms with E-state index in [1.807, 2.05) is 49.7 Å². The lowest BCUT2D eigenvalue weighted by atomic mass is 9.93. The number of aryl methyl sites for hydroxylation is 2. The lowest BCUT2D eigenvalue weighted by Gasteiger charge is -2.30. The molecule has 2 saturated carbocycles. The molecule has 6 heteroatoms. The minimum absolute atomic E-state index is 0.00819. The third kappa shape index (κ3) is 3.33. The van der Waals surface area contributed by atoms with E-state index < -0.39 is 0 Å². The number of hydrogen-bond acceptors (Lipinski definition) is 4. The van der Waals surface area contributed by atoms with E-state index in [1.165, 1.54) is 12.8 Å². The van der Waals surface area contributed by atoms with Gasteiger partial charge in [-0.05, 0) is 63.9 Å². The molecule has 1 aromatic carbocycles. The second kappa shape index (κ2) is 7.43. The summed E-state index contributed by atoms with van der Waals surface area (Å²) in [4.78, 5) is 22.2. The van der Waals surface area contributed by atoms with E-state index in [0.29, 0.717) is 34.7 Å². The molecule has 1 unspecified atom stereocenters. The predicted molar refractivity (Wildman–Crippen MR) is 121 cm³/mol. The molecular formula is C25H29FN4O. The summed E-state index contributed by atoms with van der Waals surface area (Å²) in [5.41, 5.74) is 1.90. The summed E-state index contributed by atoms with van der Waals surface area (Å²) in [5, 5.41) is 4.22. The molecule has 3 aromatic rings. The number of halogens is 1. The van der Waals surface area contributed by atoms with Crippen molar-refractivity contribution in [2.75, 3.05) is 5.32 Å². The number of benzene rings is 1. The van der Waals surface area contributed by atoms with Gasteiger partial charge in [-0.15, -0.1) is 0 Å². The van der Waals surface area contributed by atoms with Crippen LogP contribution in [-0.4, -0.2) is 14.5 Å². The van der Waals surface area contributed by atoms with Gasteiger partial charge >= 0.3 is 0 Å². The van der Waals surface area contributed by atoms with Gasteiger partial charge in [-0.2, -0.15) is 0 Å². The van der Waals surface area contributed by atoms with E-state index in [-0.39, 0.29) is 23.0 Å². The van der Waals surface area contributed by atoms with Crippen LogP contribution in [0.4, 0.5) is 10.2 Å². The summed E-state index contributed by atoms with van der Waals surface area (Å²) in [6.07, 6.45) is 8.19. The predicted octanol–water partition coefficient (Wildman–Crippen LogP) is 5.26. The molecule has 5 rings (SSSR count). The molecule has 2 bridgehead atoms. The number of nitrogens with zero attached hydrogens (tertiary/aromatic N) is 3. The largest absolute Gasteiger partial charge is 0.363 e. The topological polar surface area (TPSA) is 59.8 Å². The molecular weight excluding hydrogens is 391 g/mol. The smallest absolute Gasteiger partial charge is 0.253 e. The van der Waals surface area contributed by atoms with Crippen molar-refractivity contribution in [2.24, 2.45) is 5.92 Å². The number of hydrogen-bond donors (Lipinski definition) is 1. The maximum Gasteiger partial charge on any atom is 0.253 e. The first-order chi connectivity index (χ1) is 14.9. The Morgan fingerprint density at radius 1 is 1.29 bits per heavy atom. The van der Waals surface area contributed by atoms with E-state index >= 15 is 0 Å². The Hall–Kier alpha value is -2.76. The van der Waals surface area contributed by atoms with Crippen molar-refractivity contribution >= 4 is 16.7 Å². The molecule has 2 heterocycles. The molecule has 1 atom stereocenters. The van der Waals surface area contributed by atoms with Gasteiger partial charge in [-0.25, -0.2) is 14.4 Å². The Kier molecular flexibility index (Phi) is 4.83. The fourth-order valence-corrected chi connectivity index (χ4v) is 5.69. The Morgan fingerprint density at radius 2 is 2.06 bits per heavy atom. The molecule has 162 valence electrons. The molecule has 5 nitrogen and oxygen atoms in total. The third-order valence-electron chi connectivity index (χ3n) is 7.37. The minimum Gasteiger partial charge on any atom is -0.363 e. The van der Waals surface area contributed by atoms with Crippen LogP contribution in [0.25, 0.3) is 10.9 Å². The van der Waals surface area contributed by atoms with Gasteiger partial charge in [0.25, 0.3) is 5.56 Å². The van der Waals surface area contributed by atoms with Gasteiger partial charge in [-0.1, -0.05) is 25.1 Å². The van der Waals surface area contributed by atoms with Gasteiger partial charge in [0.15, 0.2) is 0 Å². The van der Waals surface area contributed by atoms with Crippen LogP contribution in [0.2, 0.25) is 0 Å². The molecule has 2 aromatic heterocycles. The first kappa shape index (κ1) is 20.2. The quantitative estimate of drug-likeness (QED) is 0.611. The number of fused-ring (bicyclic) bond motifs is 3. The van der Waals surface area contributed by atoms with Crippen LogP contribution >= 0.6 is 0 Å². The van der Waals surface area contributed by atoms with Crippen LogP contribution in [-0.2, 0) is 12.0 Å². The standard InChI is InChI=1S/C25H29FN4O/c1-4-18-6-5-7-19(23(18)26)15(2)27-24-20-14-30(25-10-8-17(13-25)9-11-25)22(31)12-21(20)28-16(3)29-24/h5-7,12,14-15,17H,4,8-11,13H2,1-3H3,(H,27,28,29). The minimum atomic E-state index is -0.273. The number of anilines is 1. The molecule has 0 aliphatic heterocycles. The van der Waals surface area contributed by atoms with Crippen molar-refractivity contribution in [3.8, 4) is 0 Å². The van der Waals surface area contributed by atoms with Gasteiger partial charge in [-0.3, -0.25) is 4.79 Å². The molecule has 31 heavy (non-hydrogen) atoms. The van der Waals surface area contributed by atoms with Crippen molar-refractivity contribution in [2.45, 2.75) is 70.9 Å². The molecule has 2 aliphatic carbocycles. The Morgan fingerprint density at radius 3 is 2.74 bits per heavy atom. The molecule has 1 N–H and O–H groups in total. The molecule has 0 radical (unpaired) electrons. The summed E-state index contributed by atoms with van der Waals surface area (Å²) < 4.78 is 16.9. The highest BCUT2D eigenvalue weighted by Crippen LogP contribution is 2.52. The van der Waals surface area contributed by atoms with Crippen LogP contribution in [0.3, 0.4) is 0 Å². The number of aromatic nitrogens is 3. The summed E-state index contributed by atoms with van der Waals surface area (Å²) in [7, 11) is 0. The summed E-state index contributed by atoms with van der Waals surface area (Å²) >= 11 is 0. The normalized spacial score (nSPS) is 23.4. The first-order valence-corrected chi connectivity index (χ1v) is 11.4. The van der Waals surface area contributed by atoms with Crippen LogP contribution in [0.1, 0.15) is 68.9 Å². The van der Waals surface area contributed by atoms with Crippen molar-refractivity contribution < 1.29 is 4.39 Å². The van der Waals surface area contributed by atoms with Crippen LogP contribution in [0, 0.1) is 18.7 Å². The molecule has 2 aliphatic rings. The monoisotopic (exact) mass is 420 g/mol. The number of rotatable bonds is 5. The zero-order chi connectivity index (χ0) is 21.8. The van der Waals surface area contributed by atoms with Gasteiger partial charge in [0.05, 0.1) is 16.9 Å². The zero-order valence-electron chi connectivity index (χ0n) is 18.4. The maximum absolute atomic E-state index is 14.9. The zero-order valence-corrected chi connectivity index (χ0v) is 18.4. The fraction of sp³-hybridized carbons (Fsp3) is 0.480. The summed E-state index contributed by atoms with van der Waals surface area (Å²) in [6.45, 7) is 5.71. The van der Waals surface area contributed by atoms with E-state index in [4.69, 9.17) is 0 Å². The van der Waals surface area contributed by atoms with E-state index in [0.717, 1.165) is 30.6 Å². The lowest BCUT2D eigenvalue weighted by molar-refractivity contribution is 0.284. The molecule has 0 spiro atoms. The van der Waals surface area contributed by atoms with Crippen molar-refractivity contribution in [3.63, 3.8) is 0 Å². The Bertz CT molecular complexity index is 1210. The molecule has 2 fully saturated rings. The van der Waals surface area contributed by atoms with E-state index in [1.54, 1.807) is 6.07 Å². The second-order valence-corrected chi connectivity index (χ2v) is 9.31. The Balaban J connectivity index is 1.58. The average Bonchev–Trinajstić information content (AvgIpc) is 3.35. The van der Waals surface area contributed by atoms with Crippen molar-refractivity contribution in [3.05, 3.63) is 63.6 Å². The SMILES string of the molecule is CCc1cccc(C(C)Nc2nc(C)nc3cc(=O)n(C45CCC(CC4)C5)cc23)c1F. The van der Waals surface area contributed by atoms with Gasteiger partial charge in [0.1, 0.15) is 17.5 Å². The summed E-state index contributed by atoms with van der Waals surface area (Å²) in [6, 6.07) is 6.90. The van der Waals surface area contributed by atoms with Gasteiger partial charge in [0, 0.05) is 23.4 Å². The average molecular weight is 421 g/mol. The second-order valence-electron chi connectivity index (χ2n) is 9.31. The maximum atomic E-state index is 14.9. The number of pyridine rings is 1. The van der Waals surface area contributed by atoms with Crippen molar-refractivity contribution in [1.29, 1.82) is 0 Å². The first-order valence-electron chi connectivity index (χ1n) is 11.4. The van der Waals surface area contributed by atoms with Gasteiger partial charge < -0.3 is 9.88 Å². The summed E-state index contributed by atoms with van der Waals surface area (Å²) in [5.74, 6) is 1.80. The fourth-order valence-electron chi connectivity index (χ4n) is 5.69. The third-order valence-corrected chi connectivity index (χ3v) is 7.37. The van der Waals surface area contributed by atoms with E-state index in [9.17, 15) is 9.18 Å². The highest BCUT2D eigenvalue weighted by molar-refractivity contribution is 5.88. The van der Waals surface area contributed by atoms with Gasteiger partial charge in [0.2, 0.25) is 0 Å². The van der Waals surface area contributed by atoms with Crippen molar-refractivity contribution in [1.82, 2.24) is 14.5 Å². The lowest BCUT2D eigenvalue weighted by Crippen LogP contribution is -2.37. The highest BCUT2D eigenvalue weighted by atomic mass is 19.1. The van der Waals surface area contributed by atoms with Crippen LogP contribution < -0.4 is 10.9 Å². The molecule has 0 amide bonds. The van der Waals surface area contributed by atoms with E-state index in [2.05, 4.69) is 15.3 Å². The van der Waals surface area contributed by atoms with Crippen LogP contribution in [0.15, 0.2) is 35.3 Å². The Labute approximate surface area is 181 Å².